The number of ether oxygens (including phenoxy) is 2. The maximum atomic E-state index is 13.1. The number of rotatable bonds is 6. The highest BCUT2D eigenvalue weighted by molar-refractivity contribution is 5.77. The van der Waals surface area contributed by atoms with Gasteiger partial charge in [-0.2, -0.15) is 0 Å². The number of carbonyl (C=O) groups is 1. The number of carbonyl (C=O) groups excluding carboxylic acids is 1. The third-order valence-electron chi connectivity index (χ3n) is 5.87. The normalized spacial score (nSPS) is 15.4. The summed E-state index contributed by atoms with van der Waals surface area (Å²) in [5, 5.41) is 0. The molecular formula is C25H25FN4O3. The Morgan fingerprint density at radius 3 is 2.70 bits per heavy atom. The molecule has 0 atom stereocenters. The summed E-state index contributed by atoms with van der Waals surface area (Å²) in [5.74, 6) is 1.72. The van der Waals surface area contributed by atoms with Gasteiger partial charge in [-0.25, -0.2) is 14.4 Å². The quantitative estimate of drug-likeness (QED) is 0.573. The van der Waals surface area contributed by atoms with Crippen LogP contribution in [0.2, 0.25) is 0 Å². The predicted octanol–water partition coefficient (Wildman–Crippen LogP) is 3.72. The molecule has 8 heteroatoms. The highest BCUT2D eigenvalue weighted by Gasteiger charge is 2.26. The lowest BCUT2D eigenvalue weighted by molar-refractivity contribution is -0.131. The van der Waals surface area contributed by atoms with Gasteiger partial charge in [0.25, 0.3) is 0 Å². The van der Waals surface area contributed by atoms with E-state index in [0.717, 1.165) is 29.9 Å². The minimum atomic E-state index is -0.304. The van der Waals surface area contributed by atoms with Crippen LogP contribution < -0.4 is 9.64 Å². The number of halogens is 1. The molecule has 3 aromatic rings. The molecule has 7 nitrogen and oxygen atoms in total. The van der Waals surface area contributed by atoms with E-state index in [1.165, 1.54) is 12.1 Å². The van der Waals surface area contributed by atoms with Crippen LogP contribution in [0.25, 0.3) is 0 Å². The molecule has 2 aromatic carbocycles. The molecule has 0 aliphatic carbocycles. The second-order valence-electron chi connectivity index (χ2n) is 8.19. The average molecular weight is 448 g/mol. The van der Waals surface area contributed by atoms with Gasteiger partial charge in [0.05, 0.1) is 25.5 Å². The Morgan fingerprint density at radius 1 is 1.06 bits per heavy atom. The largest absolute Gasteiger partial charge is 0.457 e. The van der Waals surface area contributed by atoms with Gasteiger partial charge in [-0.1, -0.05) is 12.1 Å². The van der Waals surface area contributed by atoms with E-state index >= 15 is 0 Å². The second-order valence-corrected chi connectivity index (χ2v) is 8.19. The third-order valence-corrected chi connectivity index (χ3v) is 5.87. The monoisotopic (exact) mass is 448 g/mol. The predicted molar refractivity (Wildman–Crippen MR) is 121 cm³/mol. The zero-order valence-corrected chi connectivity index (χ0v) is 18.2. The van der Waals surface area contributed by atoms with E-state index in [-0.39, 0.29) is 11.7 Å². The first-order valence-corrected chi connectivity index (χ1v) is 11.1. The zero-order valence-electron chi connectivity index (χ0n) is 18.2. The fourth-order valence-corrected chi connectivity index (χ4v) is 4.05. The van der Waals surface area contributed by atoms with E-state index in [0.29, 0.717) is 56.6 Å². The lowest BCUT2D eigenvalue weighted by Gasteiger charge is -2.26. The third kappa shape index (κ3) is 5.12. The molecule has 0 bridgehead atoms. The summed E-state index contributed by atoms with van der Waals surface area (Å²) in [4.78, 5) is 26.0. The fourth-order valence-electron chi connectivity index (χ4n) is 4.05. The molecule has 0 saturated carbocycles. The number of nitrogens with zero attached hydrogens (tertiary/aromatic N) is 4. The van der Waals surface area contributed by atoms with Crippen LogP contribution in [0.1, 0.15) is 23.2 Å². The second kappa shape index (κ2) is 9.54. The molecule has 0 spiro atoms. The Hall–Kier alpha value is -3.52. The van der Waals surface area contributed by atoms with Crippen LogP contribution in [0, 0.1) is 5.82 Å². The van der Waals surface area contributed by atoms with Crippen LogP contribution in [0.5, 0.6) is 11.5 Å². The molecule has 1 aromatic heterocycles. The van der Waals surface area contributed by atoms with Gasteiger partial charge < -0.3 is 19.3 Å². The minimum Gasteiger partial charge on any atom is -0.457 e. The number of hydrogen-bond donors (Lipinski definition) is 0. The number of aromatic nitrogens is 2. The smallest absolute Gasteiger partial charge is 0.225 e. The average Bonchev–Trinajstić information content (AvgIpc) is 3.28. The van der Waals surface area contributed by atoms with Crippen molar-refractivity contribution in [2.75, 3.05) is 31.2 Å². The maximum absolute atomic E-state index is 13.1. The molecule has 33 heavy (non-hydrogen) atoms. The van der Waals surface area contributed by atoms with Crippen molar-refractivity contribution in [1.82, 2.24) is 14.9 Å². The lowest BCUT2D eigenvalue weighted by Crippen LogP contribution is -2.37. The van der Waals surface area contributed by atoms with E-state index in [1.807, 2.05) is 35.4 Å². The number of benzene rings is 2. The summed E-state index contributed by atoms with van der Waals surface area (Å²) in [6.45, 7) is 3.99. The van der Waals surface area contributed by atoms with Crippen LogP contribution >= 0.6 is 0 Å². The summed E-state index contributed by atoms with van der Waals surface area (Å²) in [5.41, 5.74) is 2.94. The molecule has 5 rings (SSSR count). The first-order valence-electron chi connectivity index (χ1n) is 11.1. The molecule has 0 unspecified atom stereocenters. The van der Waals surface area contributed by atoms with Crippen LogP contribution in [-0.4, -0.2) is 47.1 Å². The Bertz CT molecular complexity index is 1130. The molecule has 1 amide bonds. The molecule has 0 radical (unpaired) electrons. The Balaban J connectivity index is 1.17. The van der Waals surface area contributed by atoms with Crippen molar-refractivity contribution >= 4 is 11.9 Å². The number of aryl methyl sites for hydroxylation is 1. The molecule has 3 heterocycles. The number of fused-ring (bicyclic) bond motifs is 1. The topological polar surface area (TPSA) is 67.8 Å². The molecule has 2 aliphatic rings. The van der Waals surface area contributed by atoms with Gasteiger partial charge in [0.15, 0.2) is 0 Å². The number of amides is 1. The van der Waals surface area contributed by atoms with Crippen molar-refractivity contribution in [2.24, 2.45) is 0 Å². The van der Waals surface area contributed by atoms with Gasteiger partial charge in [0, 0.05) is 37.8 Å². The molecule has 1 saturated heterocycles. The minimum absolute atomic E-state index is 0.0887. The molecule has 2 aliphatic heterocycles. The van der Waals surface area contributed by atoms with E-state index in [4.69, 9.17) is 14.5 Å². The highest BCUT2D eigenvalue weighted by atomic mass is 19.1. The van der Waals surface area contributed by atoms with E-state index < -0.39 is 0 Å². The van der Waals surface area contributed by atoms with Crippen LogP contribution in [-0.2, 0) is 29.0 Å². The van der Waals surface area contributed by atoms with Gasteiger partial charge in [-0.05, 0) is 48.4 Å². The van der Waals surface area contributed by atoms with Crippen LogP contribution in [0.4, 0.5) is 10.3 Å². The van der Waals surface area contributed by atoms with Crippen molar-refractivity contribution in [3.63, 3.8) is 0 Å². The van der Waals surface area contributed by atoms with Gasteiger partial charge >= 0.3 is 0 Å². The van der Waals surface area contributed by atoms with Gasteiger partial charge in [-0.3, -0.25) is 4.79 Å². The molecule has 1 fully saturated rings. The first kappa shape index (κ1) is 21.3. The first-order chi connectivity index (χ1) is 16.1. The van der Waals surface area contributed by atoms with Crippen molar-refractivity contribution in [2.45, 2.75) is 25.9 Å². The highest BCUT2D eigenvalue weighted by Crippen LogP contribution is 2.25. The number of hydrogen-bond acceptors (Lipinski definition) is 6. The summed E-state index contributed by atoms with van der Waals surface area (Å²) < 4.78 is 24.3. The van der Waals surface area contributed by atoms with Crippen LogP contribution in [0.3, 0.4) is 0 Å². The Labute approximate surface area is 191 Å². The maximum Gasteiger partial charge on any atom is 0.225 e. The summed E-state index contributed by atoms with van der Waals surface area (Å²) in [6, 6.07) is 13.5. The summed E-state index contributed by atoms with van der Waals surface area (Å²) in [7, 11) is 0. The zero-order chi connectivity index (χ0) is 22.6. The van der Waals surface area contributed by atoms with Crippen molar-refractivity contribution in [3.05, 3.63) is 77.4 Å². The molecule has 0 N–H and O–H groups in total. The van der Waals surface area contributed by atoms with E-state index in [1.54, 1.807) is 12.1 Å². The van der Waals surface area contributed by atoms with Crippen LogP contribution in [0.15, 0.2) is 54.7 Å². The summed E-state index contributed by atoms with van der Waals surface area (Å²) >= 11 is 0. The lowest BCUT2D eigenvalue weighted by atomic mass is 10.1. The Morgan fingerprint density at radius 2 is 1.88 bits per heavy atom. The molecule has 170 valence electrons. The standard InChI is InChI=1S/C25H25FN4O3/c26-20-5-7-21(8-6-20)33-22-3-1-2-18(14-22)4-9-24(31)30-16-19-15-27-25(28-23(19)17-30)29-10-12-32-13-11-29/h1-3,5-8,14-15H,4,9-13,16-17H2. The summed E-state index contributed by atoms with van der Waals surface area (Å²) in [6.07, 6.45) is 2.85. The number of morpholine rings is 1. The van der Waals surface area contributed by atoms with Crippen molar-refractivity contribution < 1.29 is 18.7 Å². The van der Waals surface area contributed by atoms with E-state index in [2.05, 4.69) is 9.88 Å². The SMILES string of the molecule is O=C(CCc1cccc(Oc2ccc(F)cc2)c1)N1Cc2cnc(N3CCOCC3)nc2C1. The van der Waals surface area contributed by atoms with Crippen molar-refractivity contribution in [1.29, 1.82) is 0 Å². The fraction of sp³-hybridized carbons (Fsp3) is 0.320. The van der Waals surface area contributed by atoms with Gasteiger partial charge in [-0.15, -0.1) is 0 Å². The van der Waals surface area contributed by atoms with Crippen molar-refractivity contribution in [3.8, 4) is 11.5 Å². The van der Waals surface area contributed by atoms with E-state index in [9.17, 15) is 9.18 Å². The Kier molecular flexibility index (Phi) is 6.17. The molecular weight excluding hydrogens is 423 g/mol. The number of anilines is 1. The van der Waals surface area contributed by atoms with Gasteiger partial charge in [0.2, 0.25) is 11.9 Å². The van der Waals surface area contributed by atoms with Gasteiger partial charge in [0.1, 0.15) is 17.3 Å².